The molecule has 0 fully saturated rings. The fraction of sp³-hybridized carbons (Fsp3) is 0. The van der Waals surface area contributed by atoms with Crippen molar-refractivity contribution in [2.24, 2.45) is 0 Å². The summed E-state index contributed by atoms with van der Waals surface area (Å²) in [6, 6.07) is 4.78. The highest BCUT2D eigenvalue weighted by Gasteiger charge is 1.97. The third kappa shape index (κ3) is 2.14. The molecule has 0 spiro atoms. The minimum atomic E-state index is -1.01. The maximum absolute atomic E-state index is 11.0. The van der Waals surface area contributed by atoms with E-state index in [1.54, 1.807) is 12.1 Å². The lowest BCUT2D eigenvalue weighted by Gasteiger charge is -1.97. The molecule has 0 aromatic carbocycles. The van der Waals surface area contributed by atoms with Crippen molar-refractivity contribution in [2.75, 3.05) is 0 Å². The van der Waals surface area contributed by atoms with E-state index in [0.717, 1.165) is 11.5 Å². The summed E-state index contributed by atoms with van der Waals surface area (Å²) in [6.45, 7) is 0. The van der Waals surface area contributed by atoms with Gasteiger partial charge in [-0.1, -0.05) is 0 Å². The van der Waals surface area contributed by atoms with E-state index >= 15 is 0 Å². The van der Waals surface area contributed by atoms with Crippen molar-refractivity contribution in [1.29, 1.82) is 0 Å². The molecule has 16 heavy (non-hydrogen) atoms. The van der Waals surface area contributed by atoms with Crippen LogP contribution in [0, 0.1) is 0 Å². The van der Waals surface area contributed by atoms with Crippen LogP contribution < -0.4 is 5.56 Å². The van der Waals surface area contributed by atoms with Gasteiger partial charge < -0.3 is 10.1 Å². The molecule has 0 aliphatic carbocycles. The van der Waals surface area contributed by atoms with E-state index < -0.39 is 5.97 Å². The average Bonchev–Trinajstić information content (AvgIpc) is 2.26. The zero-order valence-corrected chi connectivity index (χ0v) is 8.18. The van der Waals surface area contributed by atoms with Gasteiger partial charge in [-0.05, 0) is 23.8 Å². The lowest BCUT2D eigenvalue weighted by Crippen LogP contribution is -2.03. The highest BCUT2D eigenvalue weighted by atomic mass is 16.4. The zero-order chi connectivity index (χ0) is 11.5. The van der Waals surface area contributed by atoms with Crippen molar-refractivity contribution in [3.05, 3.63) is 46.4 Å². The SMILES string of the molecule is O=C(O)C=Cc1cnc2[nH]c(=O)ccc2c1. The molecule has 0 atom stereocenters. The number of carboxylic acids is 1. The zero-order valence-electron chi connectivity index (χ0n) is 8.18. The quantitative estimate of drug-likeness (QED) is 0.734. The predicted molar refractivity (Wildman–Crippen MR) is 59.0 cm³/mol. The Labute approximate surface area is 90.1 Å². The first kappa shape index (κ1) is 10.1. The molecule has 0 aliphatic rings. The number of hydrogen-bond donors (Lipinski definition) is 2. The Morgan fingerprint density at radius 2 is 2.25 bits per heavy atom. The lowest BCUT2D eigenvalue weighted by molar-refractivity contribution is -0.131. The van der Waals surface area contributed by atoms with Gasteiger partial charge >= 0.3 is 5.97 Å². The van der Waals surface area contributed by atoms with Crippen molar-refractivity contribution >= 4 is 23.1 Å². The standard InChI is InChI=1S/C11H8N2O3/c14-9-3-2-8-5-7(1-4-10(15)16)6-12-11(8)13-9/h1-6H,(H,15,16)(H,12,13,14). The van der Waals surface area contributed by atoms with Crippen LogP contribution in [0.25, 0.3) is 17.1 Å². The molecular formula is C11H8N2O3. The molecule has 5 heteroatoms. The Bertz CT molecular complexity index is 628. The molecule has 2 aromatic rings. The van der Waals surface area contributed by atoms with Gasteiger partial charge in [-0.25, -0.2) is 9.78 Å². The Morgan fingerprint density at radius 3 is 3.00 bits per heavy atom. The van der Waals surface area contributed by atoms with Gasteiger partial charge in [0.05, 0.1) is 0 Å². The van der Waals surface area contributed by atoms with Gasteiger partial charge in [0.2, 0.25) is 5.56 Å². The minimum Gasteiger partial charge on any atom is -0.478 e. The fourth-order valence-corrected chi connectivity index (χ4v) is 1.31. The number of H-pyrrole nitrogens is 1. The number of carboxylic acid groups (broad SMARTS) is 1. The third-order valence-corrected chi connectivity index (χ3v) is 2.01. The smallest absolute Gasteiger partial charge is 0.328 e. The maximum atomic E-state index is 11.0. The number of nitrogens with one attached hydrogen (secondary N) is 1. The van der Waals surface area contributed by atoms with Crippen LogP contribution in [0.5, 0.6) is 0 Å². The molecule has 0 amide bonds. The second kappa shape index (κ2) is 3.98. The van der Waals surface area contributed by atoms with Crippen molar-refractivity contribution in [2.45, 2.75) is 0 Å². The highest BCUT2D eigenvalue weighted by molar-refractivity contribution is 5.86. The van der Waals surface area contributed by atoms with Gasteiger partial charge in [-0.2, -0.15) is 0 Å². The molecule has 0 bridgehead atoms. The maximum Gasteiger partial charge on any atom is 0.328 e. The van der Waals surface area contributed by atoms with Gasteiger partial charge in [0.15, 0.2) is 0 Å². The number of aromatic amines is 1. The topological polar surface area (TPSA) is 83.0 Å². The number of nitrogens with zero attached hydrogens (tertiary/aromatic N) is 1. The van der Waals surface area contributed by atoms with Gasteiger partial charge in [0, 0.05) is 23.7 Å². The summed E-state index contributed by atoms with van der Waals surface area (Å²) in [5, 5.41) is 9.23. The molecule has 0 radical (unpaired) electrons. The van der Waals surface area contributed by atoms with Crippen molar-refractivity contribution in [1.82, 2.24) is 9.97 Å². The van der Waals surface area contributed by atoms with Crippen molar-refractivity contribution in [3.8, 4) is 0 Å². The summed E-state index contributed by atoms with van der Waals surface area (Å²) < 4.78 is 0. The molecular weight excluding hydrogens is 208 g/mol. The first-order valence-electron chi connectivity index (χ1n) is 4.55. The second-order valence-corrected chi connectivity index (χ2v) is 3.20. The predicted octanol–water partition coefficient (Wildman–Crippen LogP) is 1.02. The summed E-state index contributed by atoms with van der Waals surface area (Å²) in [6.07, 6.45) is 3.98. The van der Waals surface area contributed by atoms with Crippen LogP contribution in [0.2, 0.25) is 0 Å². The van der Waals surface area contributed by atoms with Gasteiger partial charge in [-0.3, -0.25) is 4.79 Å². The molecule has 2 N–H and O–H groups in total. The highest BCUT2D eigenvalue weighted by Crippen LogP contribution is 2.10. The molecule has 80 valence electrons. The summed E-state index contributed by atoms with van der Waals surface area (Å²) in [5.41, 5.74) is 0.941. The summed E-state index contributed by atoms with van der Waals surface area (Å²) in [4.78, 5) is 27.9. The van der Waals surface area contributed by atoms with E-state index in [1.165, 1.54) is 18.3 Å². The number of aromatic nitrogens is 2. The second-order valence-electron chi connectivity index (χ2n) is 3.20. The first-order chi connectivity index (χ1) is 7.65. The number of aliphatic carboxylic acids is 1. The minimum absolute atomic E-state index is 0.214. The molecule has 2 aromatic heterocycles. The largest absolute Gasteiger partial charge is 0.478 e. The van der Waals surface area contributed by atoms with E-state index in [9.17, 15) is 9.59 Å². The molecule has 0 aliphatic heterocycles. The average molecular weight is 216 g/mol. The number of hydrogen-bond acceptors (Lipinski definition) is 3. The molecule has 0 saturated heterocycles. The number of pyridine rings is 2. The Morgan fingerprint density at radius 1 is 1.44 bits per heavy atom. The molecule has 0 unspecified atom stereocenters. The molecule has 5 nitrogen and oxygen atoms in total. The van der Waals surface area contributed by atoms with Crippen LogP contribution in [0.15, 0.2) is 35.3 Å². The van der Waals surface area contributed by atoms with Crippen LogP contribution in [-0.2, 0) is 4.79 Å². The number of fused-ring (bicyclic) bond motifs is 1. The van der Waals surface area contributed by atoms with E-state index in [4.69, 9.17) is 5.11 Å². The van der Waals surface area contributed by atoms with Crippen molar-refractivity contribution in [3.63, 3.8) is 0 Å². The van der Waals surface area contributed by atoms with E-state index in [2.05, 4.69) is 9.97 Å². The first-order valence-corrected chi connectivity index (χ1v) is 4.55. The molecule has 0 saturated carbocycles. The lowest BCUT2D eigenvalue weighted by atomic mass is 10.2. The number of rotatable bonds is 2. The van der Waals surface area contributed by atoms with E-state index in [1.807, 2.05) is 0 Å². The third-order valence-electron chi connectivity index (χ3n) is 2.01. The summed E-state index contributed by atoms with van der Waals surface area (Å²) >= 11 is 0. The van der Waals surface area contributed by atoms with Crippen LogP contribution in [0.4, 0.5) is 0 Å². The van der Waals surface area contributed by atoms with Crippen LogP contribution in [-0.4, -0.2) is 21.0 Å². The van der Waals surface area contributed by atoms with Crippen LogP contribution in [0.1, 0.15) is 5.56 Å². The Kier molecular flexibility index (Phi) is 2.51. The normalized spacial score (nSPS) is 11.0. The van der Waals surface area contributed by atoms with E-state index in [-0.39, 0.29) is 5.56 Å². The van der Waals surface area contributed by atoms with Gasteiger partial charge in [0.1, 0.15) is 5.65 Å². The molecule has 2 rings (SSSR count). The number of carbonyl (C=O) groups is 1. The molecule has 2 heterocycles. The van der Waals surface area contributed by atoms with Crippen LogP contribution >= 0.6 is 0 Å². The van der Waals surface area contributed by atoms with Crippen LogP contribution in [0.3, 0.4) is 0 Å². The van der Waals surface area contributed by atoms with Crippen molar-refractivity contribution < 1.29 is 9.90 Å². The Hall–Kier alpha value is -2.43. The fourth-order valence-electron chi connectivity index (χ4n) is 1.31. The summed E-state index contributed by atoms with van der Waals surface area (Å²) in [7, 11) is 0. The van der Waals surface area contributed by atoms with Gasteiger partial charge in [-0.15, -0.1) is 0 Å². The van der Waals surface area contributed by atoms with E-state index in [0.29, 0.717) is 11.2 Å². The Balaban J connectivity index is 2.48. The monoisotopic (exact) mass is 216 g/mol. The van der Waals surface area contributed by atoms with Gasteiger partial charge in [0.25, 0.3) is 0 Å². The summed E-state index contributed by atoms with van der Waals surface area (Å²) in [5.74, 6) is -1.01.